The number of nitrogens with one attached hydrogen (secondary N) is 2. The molecule has 7 nitrogen and oxygen atoms in total. The van der Waals surface area contributed by atoms with Crippen LogP contribution >= 0.6 is 27.7 Å². The summed E-state index contributed by atoms with van der Waals surface area (Å²) in [5.41, 5.74) is 3.54. The Labute approximate surface area is 204 Å². The van der Waals surface area contributed by atoms with Crippen LogP contribution in [0.1, 0.15) is 22.6 Å². The van der Waals surface area contributed by atoms with Crippen LogP contribution in [0.15, 0.2) is 57.5 Å². The fourth-order valence-corrected chi connectivity index (χ4v) is 4.92. The Bertz CT molecular complexity index is 1190. The van der Waals surface area contributed by atoms with Crippen LogP contribution in [0.4, 0.5) is 5.69 Å². The first-order chi connectivity index (χ1) is 15.7. The van der Waals surface area contributed by atoms with E-state index in [9.17, 15) is 19.6 Å². The first-order valence-electron chi connectivity index (χ1n) is 10.0. The standard InChI is InChI=1S/C24H22BrN3O4S/c1-13-7-8-18(14(2)9-13)27-19(29)12-33-23-17(11-26)20(15-5-4-6-16(25)10-15)21(22(30)28-23)24(31)32-3/h4-10,20-21H,12H2,1-3H3,(H,27,29)(H,28,30)/t20-,21-/m1/s1. The minimum atomic E-state index is -1.22. The third-order valence-corrected chi connectivity index (χ3v) is 6.71. The first-order valence-corrected chi connectivity index (χ1v) is 11.8. The Kier molecular flexibility index (Phi) is 7.95. The lowest BCUT2D eigenvalue weighted by molar-refractivity contribution is -0.150. The van der Waals surface area contributed by atoms with E-state index in [4.69, 9.17) is 4.74 Å². The Morgan fingerprint density at radius 2 is 2.00 bits per heavy atom. The van der Waals surface area contributed by atoms with Crippen molar-refractivity contribution < 1.29 is 19.1 Å². The van der Waals surface area contributed by atoms with Crippen LogP contribution in [0.25, 0.3) is 0 Å². The summed E-state index contributed by atoms with van der Waals surface area (Å²) >= 11 is 4.44. The number of hydrogen-bond acceptors (Lipinski definition) is 6. The number of aryl methyl sites for hydroxylation is 2. The predicted molar refractivity (Wildman–Crippen MR) is 130 cm³/mol. The lowest BCUT2D eigenvalue weighted by Gasteiger charge is -2.31. The lowest BCUT2D eigenvalue weighted by atomic mass is 9.78. The molecule has 0 bridgehead atoms. The highest BCUT2D eigenvalue weighted by molar-refractivity contribution is 9.10. The number of carbonyl (C=O) groups excluding carboxylic acids is 3. The van der Waals surface area contributed by atoms with Gasteiger partial charge in [-0.2, -0.15) is 5.26 Å². The van der Waals surface area contributed by atoms with Gasteiger partial charge in [0.15, 0.2) is 0 Å². The van der Waals surface area contributed by atoms with Crippen molar-refractivity contribution in [1.82, 2.24) is 5.32 Å². The Balaban J connectivity index is 1.89. The maximum absolute atomic E-state index is 12.9. The van der Waals surface area contributed by atoms with Gasteiger partial charge >= 0.3 is 5.97 Å². The molecular formula is C24H22BrN3O4S. The summed E-state index contributed by atoms with van der Waals surface area (Å²) in [4.78, 5) is 37.9. The van der Waals surface area contributed by atoms with Gasteiger partial charge in [0.25, 0.3) is 0 Å². The van der Waals surface area contributed by atoms with Gasteiger partial charge < -0.3 is 15.4 Å². The summed E-state index contributed by atoms with van der Waals surface area (Å²) in [7, 11) is 1.20. The van der Waals surface area contributed by atoms with E-state index < -0.39 is 23.7 Å². The summed E-state index contributed by atoms with van der Waals surface area (Å²) in [6, 6.07) is 14.9. The Morgan fingerprint density at radius 3 is 2.64 bits per heavy atom. The number of rotatable bonds is 6. The van der Waals surface area contributed by atoms with Crippen LogP contribution in [0.2, 0.25) is 0 Å². The number of nitrogens with zero attached hydrogens (tertiary/aromatic N) is 1. The molecule has 33 heavy (non-hydrogen) atoms. The highest BCUT2D eigenvalue weighted by atomic mass is 79.9. The molecule has 9 heteroatoms. The van der Waals surface area contributed by atoms with Gasteiger partial charge in [-0.15, -0.1) is 0 Å². The second kappa shape index (κ2) is 10.7. The molecule has 0 saturated carbocycles. The van der Waals surface area contributed by atoms with Crippen molar-refractivity contribution in [3.05, 3.63) is 74.2 Å². The molecule has 2 atom stereocenters. The molecule has 0 spiro atoms. The quantitative estimate of drug-likeness (QED) is 0.431. The summed E-state index contributed by atoms with van der Waals surface area (Å²) < 4.78 is 5.58. The minimum absolute atomic E-state index is 0.0256. The van der Waals surface area contributed by atoms with E-state index in [1.165, 1.54) is 7.11 Å². The lowest BCUT2D eigenvalue weighted by Crippen LogP contribution is -2.44. The van der Waals surface area contributed by atoms with Crippen LogP contribution in [-0.2, 0) is 19.1 Å². The number of nitriles is 1. The number of benzene rings is 2. The molecule has 2 amide bonds. The van der Waals surface area contributed by atoms with Gasteiger partial charge in [0, 0.05) is 16.1 Å². The normalized spacial score (nSPS) is 17.7. The van der Waals surface area contributed by atoms with E-state index in [-0.39, 0.29) is 22.3 Å². The van der Waals surface area contributed by atoms with Crippen LogP contribution in [0.3, 0.4) is 0 Å². The van der Waals surface area contributed by atoms with Gasteiger partial charge in [-0.25, -0.2) is 0 Å². The van der Waals surface area contributed by atoms with Crippen molar-refractivity contribution in [1.29, 1.82) is 5.26 Å². The van der Waals surface area contributed by atoms with Crippen molar-refractivity contribution in [2.24, 2.45) is 5.92 Å². The van der Waals surface area contributed by atoms with Crippen molar-refractivity contribution in [3.63, 3.8) is 0 Å². The molecule has 1 aliphatic rings. The van der Waals surface area contributed by atoms with E-state index in [0.29, 0.717) is 11.3 Å². The number of anilines is 1. The van der Waals surface area contributed by atoms with Gasteiger partial charge in [-0.3, -0.25) is 14.4 Å². The minimum Gasteiger partial charge on any atom is -0.468 e. The van der Waals surface area contributed by atoms with E-state index in [0.717, 1.165) is 27.4 Å². The molecule has 0 unspecified atom stereocenters. The van der Waals surface area contributed by atoms with E-state index in [1.54, 1.807) is 18.2 Å². The highest BCUT2D eigenvalue weighted by Gasteiger charge is 2.44. The number of esters is 1. The molecule has 0 radical (unpaired) electrons. The van der Waals surface area contributed by atoms with Gasteiger partial charge in [-0.1, -0.05) is 57.5 Å². The summed E-state index contributed by atoms with van der Waals surface area (Å²) in [6.45, 7) is 3.88. The van der Waals surface area contributed by atoms with E-state index in [2.05, 4.69) is 32.6 Å². The molecule has 2 aromatic rings. The Morgan fingerprint density at radius 1 is 1.24 bits per heavy atom. The smallest absolute Gasteiger partial charge is 0.319 e. The molecule has 0 fully saturated rings. The van der Waals surface area contributed by atoms with Crippen molar-refractivity contribution in [2.45, 2.75) is 19.8 Å². The first kappa shape index (κ1) is 24.6. The molecule has 3 rings (SSSR count). The largest absolute Gasteiger partial charge is 0.468 e. The van der Waals surface area contributed by atoms with E-state index >= 15 is 0 Å². The fourth-order valence-electron chi connectivity index (χ4n) is 3.66. The third-order valence-electron chi connectivity index (χ3n) is 5.20. The van der Waals surface area contributed by atoms with Gasteiger partial charge in [-0.05, 0) is 43.2 Å². The number of hydrogen-bond donors (Lipinski definition) is 2. The van der Waals surface area contributed by atoms with Crippen molar-refractivity contribution in [2.75, 3.05) is 18.2 Å². The zero-order valence-corrected chi connectivity index (χ0v) is 20.7. The SMILES string of the molecule is COC(=O)[C@H]1C(=O)NC(SCC(=O)Nc2ccc(C)cc2C)=C(C#N)[C@H]1c1cccc(Br)c1. The van der Waals surface area contributed by atoms with Crippen LogP contribution in [-0.4, -0.2) is 30.6 Å². The van der Waals surface area contributed by atoms with Crippen molar-refractivity contribution >= 4 is 51.2 Å². The van der Waals surface area contributed by atoms with Crippen LogP contribution < -0.4 is 10.6 Å². The van der Waals surface area contributed by atoms with Crippen LogP contribution in [0, 0.1) is 31.1 Å². The van der Waals surface area contributed by atoms with Crippen molar-refractivity contribution in [3.8, 4) is 6.07 Å². The zero-order chi connectivity index (χ0) is 24.1. The second-order valence-electron chi connectivity index (χ2n) is 7.53. The molecular weight excluding hydrogens is 506 g/mol. The van der Waals surface area contributed by atoms with Gasteiger partial charge in [0.2, 0.25) is 11.8 Å². The molecule has 0 aliphatic carbocycles. The van der Waals surface area contributed by atoms with Crippen LogP contribution in [0.5, 0.6) is 0 Å². The number of thioether (sulfide) groups is 1. The average Bonchev–Trinajstić information content (AvgIpc) is 2.78. The summed E-state index contributed by atoms with van der Waals surface area (Å²) in [5, 5.41) is 15.7. The molecule has 2 aromatic carbocycles. The molecule has 170 valence electrons. The number of amides is 2. The monoisotopic (exact) mass is 527 g/mol. The fraction of sp³-hybridized carbons (Fsp3) is 0.250. The maximum atomic E-state index is 12.9. The molecule has 0 aromatic heterocycles. The third kappa shape index (κ3) is 5.64. The Hall–Kier alpha value is -3.09. The summed E-state index contributed by atoms with van der Waals surface area (Å²) in [5.74, 6) is -3.67. The maximum Gasteiger partial charge on any atom is 0.319 e. The van der Waals surface area contributed by atoms with E-state index in [1.807, 2.05) is 38.1 Å². The topological polar surface area (TPSA) is 108 Å². The second-order valence-corrected chi connectivity index (χ2v) is 9.43. The highest BCUT2D eigenvalue weighted by Crippen LogP contribution is 2.40. The van der Waals surface area contributed by atoms with Gasteiger partial charge in [0.05, 0.1) is 29.5 Å². The molecule has 0 saturated heterocycles. The zero-order valence-electron chi connectivity index (χ0n) is 18.3. The molecule has 1 aliphatic heterocycles. The number of ether oxygens (including phenoxy) is 1. The summed E-state index contributed by atoms with van der Waals surface area (Å²) in [6.07, 6.45) is 0. The predicted octanol–water partition coefficient (Wildman–Crippen LogP) is 4.18. The number of methoxy groups -OCH3 is 1. The number of halogens is 1. The number of allylic oxidation sites excluding steroid dienone is 1. The average molecular weight is 528 g/mol. The van der Waals surface area contributed by atoms with Gasteiger partial charge in [0.1, 0.15) is 5.92 Å². The molecule has 2 N–H and O–H groups in total. The number of carbonyl (C=O) groups is 3. The molecule has 1 heterocycles.